The molecule has 0 atom stereocenters. The van der Waals surface area contributed by atoms with Crippen LogP contribution in [0, 0.1) is 0 Å². The van der Waals surface area contributed by atoms with Gasteiger partial charge in [-0.1, -0.05) is 26.0 Å². The topological polar surface area (TPSA) is 89.0 Å². The maximum Gasteiger partial charge on any atom is 0.269 e. The van der Waals surface area contributed by atoms with E-state index in [1.165, 1.54) is 11.8 Å². The van der Waals surface area contributed by atoms with Gasteiger partial charge in [0.2, 0.25) is 5.95 Å². The molecule has 2 aromatic heterocycles. The molecule has 0 saturated heterocycles. The van der Waals surface area contributed by atoms with Crippen molar-refractivity contribution in [2.45, 2.75) is 19.8 Å². The van der Waals surface area contributed by atoms with E-state index in [4.69, 9.17) is 4.74 Å². The summed E-state index contributed by atoms with van der Waals surface area (Å²) in [6.07, 6.45) is 3.29. The van der Waals surface area contributed by atoms with E-state index in [2.05, 4.69) is 51.6 Å². The third-order valence-corrected chi connectivity index (χ3v) is 4.81. The molecule has 0 fully saturated rings. The standard InChI is InChI=1S/C24H23N5O2/c1-15(2)16-4-6-18(7-5-16)28-24-27-14-17-12-19(8-9-21(17)29-24)31-20-10-11-26-22(13-20)23(30)25-3/h4-15H,1-3H3,(H,25,30)(H,27,28,29). The van der Waals surface area contributed by atoms with Crippen LogP contribution in [0.15, 0.2) is 67.0 Å². The van der Waals surface area contributed by atoms with Gasteiger partial charge in [0.15, 0.2) is 0 Å². The molecule has 0 spiro atoms. The molecule has 0 unspecified atom stereocenters. The third kappa shape index (κ3) is 4.78. The summed E-state index contributed by atoms with van der Waals surface area (Å²) in [4.78, 5) is 24.8. The lowest BCUT2D eigenvalue weighted by Crippen LogP contribution is -2.18. The highest BCUT2D eigenvalue weighted by atomic mass is 16.5. The molecule has 2 heterocycles. The van der Waals surface area contributed by atoms with Crippen molar-refractivity contribution >= 4 is 28.4 Å². The van der Waals surface area contributed by atoms with Gasteiger partial charge in [0.05, 0.1) is 5.52 Å². The molecule has 0 aliphatic carbocycles. The van der Waals surface area contributed by atoms with Crippen LogP contribution in [0.2, 0.25) is 0 Å². The molecule has 4 aromatic rings. The molecule has 0 bridgehead atoms. The monoisotopic (exact) mass is 413 g/mol. The second kappa shape index (κ2) is 8.79. The summed E-state index contributed by atoms with van der Waals surface area (Å²) in [7, 11) is 1.56. The van der Waals surface area contributed by atoms with Crippen molar-refractivity contribution in [3.05, 3.63) is 78.2 Å². The molecule has 0 aliphatic heterocycles. The average Bonchev–Trinajstić information content (AvgIpc) is 2.79. The highest BCUT2D eigenvalue weighted by molar-refractivity contribution is 5.92. The number of ether oxygens (including phenoxy) is 1. The minimum absolute atomic E-state index is 0.267. The fourth-order valence-electron chi connectivity index (χ4n) is 3.08. The quantitative estimate of drug-likeness (QED) is 0.460. The molecule has 4 rings (SSSR count). The first kappa shape index (κ1) is 20.3. The molecule has 31 heavy (non-hydrogen) atoms. The first-order valence-corrected chi connectivity index (χ1v) is 10.0. The fourth-order valence-corrected chi connectivity index (χ4v) is 3.08. The number of rotatable bonds is 6. The lowest BCUT2D eigenvalue weighted by Gasteiger charge is -2.10. The average molecular weight is 413 g/mol. The van der Waals surface area contributed by atoms with Crippen LogP contribution >= 0.6 is 0 Å². The molecule has 7 heteroatoms. The van der Waals surface area contributed by atoms with Crippen LogP contribution in [0.5, 0.6) is 11.5 Å². The van der Waals surface area contributed by atoms with E-state index in [1.807, 2.05) is 30.3 Å². The maximum atomic E-state index is 11.8. The Morgan fingerprint density at radius 1 is 0.968 bits per heavy atom. The van der Waals surface area contributed by atoms with E-state index in [0.29, 0.717) is 29.1 Å². The van der Waals surface area contributed by atoms with E-state index in [0.717, 1.165) is 16.6 Å². The Kier molecular flexibility index (Phi) is 5.75. The highest BCUT2D eigenvalue weighted by Gasteiger charge is 2.08. The van der Waals surface area contributed by atoms with Gasteiger partial charge in [-0.05, 0) is 47.9 Å². The van der Waals surface area contributed by atoms with Crippen LogP contribution in [0.4, 0.5) is 11.6 Å². The zero-order valence-corrected chi connectivity index (χ0v) is 17.6. The van der Waals surface area contributed by atoms with Crippen molar-refractivity contribution in [2.75, 3.05) is 12.4 Å². The highest BCUT2D eigenvalue weighted by Crippen LogP contribution is 2.26. The second-order valence-corrected chi connectivity index (χ2v) is 7.37. The summed E-state index contributed by atoms with van der Waals surface area (Å²) >= 11 is 0. The first-order chi connectivity index (χ1) is 15.0. The number of benzene rings is 2. The number of aromatic nitrogens is 3. The van der Waals surface area contributed by atoms with Gasteiger partial charge < -0.3 is 15.4 Å². The normalized spacial score (nSPS) is 10.8. The van der Waals surface area contributed by atoms with E-state index in [1.54, 1.807) is 25.4 Å². The molecular weight excluding hydrogens is 390 g/mol. The van der Waals surface area contributed by atoms with Gasteiger partial charge in [0.25, 0.3) is 5.91 Å². The Hall–Kier alpha value is -4.00. The van der Waals surface area contributed by atoms with Gasteiger partial charge >= 0.3 is 0 Å². The number of amides is 1. The number of anilines is 2. The smallest absolute Gasteiger partial charge is 0.269 e. The van der Waals surface area contributed by atoms with Crippen LogP contribution in [-0.4, -0.2) is 27.9 Å². The van der Waals surface area contributed by atoms with Gasteiger partial charge in [0, 0.05) is 36.6 Å². The summed E-state index contributed by atoms with van der Waals surface area (Å²) in [5, 5.41) is 6.63. The Morgan fingerprint density at radius 2 is 1.74 bits per heavy atom. The van der Waals surface area contributed by atoms with Crippen molar-refractivity contribution in [3.63, 3.8) is 0 Å². The van der Waals surface area contributed by atoms with Gasteiger partial charge in [-0.25, -0.2) is 9.97 Å². The molecule has 156 valence electrons. The minimum Gasteiger partial charge on any atom is -0.457 e. The van der Waals surface area contributed by atoms with Crippen molar-refractivity contribution in [1.29, 1.82) is 0 Å². The molecule has 0 saturated carbocycles. The van der Waals surface area contributed by atoms with Crippen LogP contribution in [-0.2, 0) is 0 Å². The Morgan fingerprint density at radius 3 is 2.48 bits per heavy atom. The summed E-state index contributed by atoms with van der Waals surface area (Å²) in [6.45, 7) is 4.34. The van der Waals surface area contributed by atoms with Gasteiger partial charge in [-0.2, -0.15) is 0 Å². The number of carbonyl (C=O) groups is 1. The van der Waals surface area contributed by atoms with E-state index >= 15 is 0 Å². The van der Waals surface area contributed by atoms with Crippen LogP contribution in [0.1, 0.15) is 35.8 Å². The predicted molar refractivity (Wildman–Crippen MR) is 121 cm³/mol. The summed E-state index contributed by atoms with van der Waals surface area (Å²) in [6, 6.07) is 17.1. The van der Waals surface area contributed by atoms with Gasteiger partial charge in [0.1, 0.15) is 17.2 Å². The summed E-state index contributed by atoms with van der Waals surface area (Å²) in [5.41, 5.74) is 3.31. The largest absolute Gasteiger partial charge is 0.457 e. The SMILES string of the molecule is CNC(=O)c1cc(Oc2ccc3nc(Nc4ccc(C(C)C)cc4)ncc3c2)ccn1. The van der Waals surface area contributed by atoms with Crippen molar-refractivity contribution in [3.8, 4) is 11.5 Å². The summed E-state index contributed by atoms with van der Waals surface area (Å²) in [5.74, 6) is 1.90. The number of fused-ring (bicyclic) bond motifs is 1. The number of hydrogen-bond donors (Lipinski definition) is 2. The maximum absolute atomic E-state index is 11.8. The second-order valence-electron chi connectivity index (χ2n) is 7.37. The molecule has 1 amide bonds. The van der Waals surface area contributed by atoms with Crippen molar-refractivity contribution in [2.24, 2.45) is 0 Å². The molecule has 0 radical (unpaired) electrons. The van der Waals surface area contributed by atoms with Crippen LogP contribution in [0.25, 0.3) is 10.9 Å². The van der Waals surface area contributed by atoms with E-state index in [-0.39, 0.29) is 5.91 Å². The lowest BCUT2D eigenvalue weighted by molar-refractivity contribution is 0.0958. The van der Waals surface area contributed by atoms with E-state index < -0.39 is 0 Å². The number of hydrogen-bond acceptors (Lipinski definition) is 6. The Bertz CT molecular complexity index is 1220. The molecule has 0 aliphatic rings. The molecule has 7 nitrogen and oxygen atoms in total. The number of nitrogens with one attached hydrogen (secondary N) is 2. The van der Waals surface area contributed by atoms with Crippen molar-refractivity contribution in [1.82, 2.24) is 20.3 Å². The molecule has 2 aromatic carbocycles. The third-order valence-electron chi connectivity index (χ3n) is 4.81. The van der Waals surface area contributed by atoms with E-state index in [9.17, 15) is 4.79 Å². The number of carbonyl (C=O) groups excluding carboxylic acids is 1. The first-order valence-electron chi connectivity index (χ1n) is 10.0. The van der Waals surface area contributed by atoms with Crippen LogP contribution in [0.3, 0.4) is 0 Å². The predicted octanol–water partition coefficient (Wildman–Crippen LogP) is 5.04. The zero-order chi connectivity index (χ0) is 21.8. The summed E-state index contributed by atoms with van der Waals surface area (Å²) < 4.78 is 5.89. The van der Waals surface area contributed by atoms with Gasteiger partial charge in [-0.3, -0.25) is 9.78 Å². The Balaban J connectivity index is 1.51. The lowest BCUT2D eigenvalue weighted by atomic mass is 10.0. The van der Waals surface area contributed by atoms with Gasteiger partial charge in [-0.15, -0.1) is 0 Å². The number of pyridine rings is 1. The Labute approximate surface area is 180 Å². The number of nitrogens with zero attached hydrogens (tertiary/aromatic N) is 3. The molecular formula is C24H23N5O2. The van der Waals surface area contributed by atoms with Crippen molar-refractivity contribution < 1.29 is 9.53 Å². The van der Waals surface area contributed by atoms with Crippen LogP contribution < -0.4 is 15.4 Å². The zero-order valence-electron chi connectivity index (χ0n) is 17.6. The molecule has 2 N–H and O–H groups in total. The fraction of sp³-hybridized carbons (Fsp3) is 0.167. The minimum atomic E-state index is -0.267.